The molecule has 2 aliphatic heterocycles. The maximum atomic E-state index is 15.4. The lowest BCUT2D eigenvalue weighted by Gasteiger charge is -2.35. The molecule has 41 heavy (non-hydrogen) atoms. The van der Waals surface area contributed by atoms with Gasteiger partial charge in [0.25, 0.3) is 5.91 Å². The average molecular weight is 568 g/mol. The van der Waals surface area contributed by atoms with Gasteiger partial charge in [-0.2, -0.15) is 9.49 Å². The Balaban J connectivity index is 1.21. The number of anilines is 1. The van der Waals surface area contributed by atoms with Gasteiger partial charge in [-0.05, 0) is 61.9 Å². The number of halogens is 1. The Kier molecular flexibility index (Phi) is 5.96. The predicted molar refractivity (Wildman–Crippen MR) is 151 cm³/mol. The molecule has 7 rings (SSSR count). The Morgan fingerprint density at radius 3 is 2.63 bits per heavy atom. The molecule has 207 valence electrons. The Morgan fingerprint density at radius 2 is 1.90 bits per heavy atom. The van der Waals surface area contributed by atoms with Gasteiger partial charge < -0.3 is 14.9 Å². The molecule has 1 saturated heterocycles. The fourth-order valence-corrected chi connectivity index (χ4v) is 6.38. The standard InChI is InChI=1S/C30H28FN6O3Si/c1-17-20-5-3-2-4-18(20)10-12-36(17)28(38)23-14-24(19-6-7-19)37-26(32-23)15-22(34-37)21-8-9-25(33-27(21)31)35-13-11-30(41,16-35)29(39)40/h2-5,8-9,14-15,17,19H,6-7,10-13,16H2,1H3,(H,39,40)/t17-,30?/m1/s1. The van der Waals surface area contributed by atoms with Crippen LogP contribution in [-0.2, 0) is 11.2 Å². The third kappa shape index (κ3) is 4.39. The molecule has 1 aromatic carbocycles. The first kappa shape index (κ1) is 25.8. The van der Waals surface area contributed by atoms with Crippen LogP contribution in [0.4, 0.5) is 10.2 Å². The summed E-state index contributed by atoms with van der Waals surface area (Å²) in [6.45, 7) is 3.30. The number of rotatable bonds is 5. The molecule has 1 N–H and O–H groups in total. The van der Waals surface area contributed by atoms with E-state index in [4.69, 9.17) is 4.98 Å². The molecule has 1 aliphatic carbocycles. The monoisotopic (exact) mass is 567 g/mol. The number of carboxylic acids is 1. The van der Waals surface area contributed by atoms with Gasteiger partial charge in [0, 0.05) is 47.6 Å². The van der Waals surface area contributed by atoms with Crippen LogP contribution in [0.1, 0.15) is 65.5 Å². The van der Waals surface area contributed by atoms with E-state index >= 15 is 4.39 Å². The molecule has 11 heteroatoms. The van der Waals surface area contributed by atoms with Gasteiger partial charge in [-0.3, -0.25) is 9.59 Å². The van der Waals surface area contributed by atoms with Crippen LogP contribution in [0.3, 0.4) is 0 Å². The first-order valence-corrected chi connectivity index (χ1v) is 14.4. The lowest BCUT2D eigenvalue weighted by atomic mass is 9.93. The minimum absolute atomic E-state index is 0.0605. The Hall–Kier alpha value is -4.12. The van der Waals surface area contributed by atoms with E-state index in [9.17, 15) is 14.7 Å². The molecule has 2 atom stereocenters. The van der Waals surface area contributed by atoms with Gasteiger partial charge in [0.15, 0.2) is 5.65 Å². The molecule has 1 unspecified atom stereocenters. The molecule has 3 radical (unpaired) electrons. The van der Waals surface area contributed by atoms with E-state index in [1.54, 1.807) is 27.6 Å². The van der Waals surface area contributed by atoms with Crippen molar-refractivity contribution in [1.29, 1.82) is 0 Å². The molecule has 3 aliphatic rings. The van der Waals surface area contributed by atoms with Gasteiger partial charge in [0.2, 0.25) is 5.95 Å². The van der Waals surface area contributed by atoms with E-state index in [2.05, 4.69) is 32.5 Å². The lowest BCUT2D eigenvalue weighted by molar-refractivity contribution is -0.140. The third-order valence-corrected chi connectivity index (χ3v) is 9.26. The Labute approximate surface area is 239 Å². The highest BCUT2D eigenvalue weighted by Crippen LogP contribution is 2.41. The third-order valence-electron chi connectivity index (χ3n) is 8.64. The summed E-state index contributed by atoms with van der Waals surface area (Å²) in [5.41, 5.74) is 4.79. The number of nitrogens with zero attached hydrogens (tertiary/aromatic N) is 6. The van der Waals surface area contributed by atoms with Gasteiger partial charge in [-0.1, -0.05) is 24.3 Å². The summed E-state index contributed by atoms with van der Waals surface area (Å²) in [4.78, 5) is 37.8. The molecule has 1 amide bonds. The maximum Gasteiger partial charge on any atom is 0.307 e. The molecule has 0 spiro atoms. The van der Waals surface area contributed by atoms with Crippen molar-refractivity contribution >= 4 is 33.6 Å². The highest BCUT2D eigenvalue weighted by molar-refractivity contribution is 6.27. The van der Waals surface area contributed by atoms with Gasteiger partial charge in [0.05, 0.1) is 22.3 Å². The number of carbonyl (C=O) groups is 2. The fourth-order valence-electron chi connectivity index (χ4n) is 6.08. The fraction of sp³-hybridized carbons (Fsp3) is 0.367. The summed E-state index contributed by atoms with van der Waals surface area (Å²) in [6, 6.07) is 15.0. The summed E-state index contributed by atoms with van der Waals surface area (Å²) in [6.07, 6.45) is 3.19. The number of benzene rings is 1. The highest BCUT2D eigenvalue weighted by Gasteiger charge is 2.41. The van der Waals surface area contributed by atoms with Crippen LogP contribution in [0.25, 0.3) is 16.9 Å². The van der Waals surface area contributed by atoms with Gasteiger partial charge >= 0.3 is 5.97 Å². The van der Waals surface area contributed by atoms with Crippen molar-refractivity contribution in [3.63, 3.8) is 0 Å². The minimum atomic E-state index is -1.08. The quantitative estimate of drug-likeness (QED) is 0.285. The van der Waals surface area contributed by atoms with Crippen LogP contribution in [0.15, 0.2) is 48.5 Å². The second kappa shape index (κ2) is 9.47. The van der Waals surface area contributed by atoms with E-state index in [0.29, 0.717) is 42.4 Å². The van der Waals surface area contributed by atoms with Crippen LogP contribution < -0.4 is 4.90 Å². The van der Waals surface area contributed by atoms with Crippen molar-refractivity contribution in [2.45, 2.75) is 49.6 Å². The van der Waals surface area contributed by atoms with Crippen LogP contribution in [-0.4, -0.2) is 71.3 Å². The molecular weight excluding hydrogens is 539 g/mol. The van der Waals surface area contributed by atoms with Crippen LogP contribution in [0.5, 0.6) is 0 Å². The number of hydrogen-bond donors (Lipinski definition) is 1. The summed E-state index contributed by atoms with van der Waals surface area (Å²) in [5.74, 6) is -1.12. The van der Waals surface area contributed by atoms with E-state index in [1.807, 2.05) is 30.0 Å². The molecular formula is C30H28FN6O3Si. The Morgan fingerprint density at radius 1 is 1.10 bits per heavy atom. The number of aliphatic carboxylic acids is 1. The summed E-state index contributed by atoms with van der Waals surface area (Å²) >= 11 is 0. The number of fused-ring (bicyclic) bond motifs is 2. The van der Waals surface area contributed by atoms with E-state index in [0.717, 1.165) is 30.5 Å². The van der Waals surface area contributed by atoms with Gasteiger partial charge in [-0.25, -0.2) is 14.5 Å². The summed E-state index contributed by atoms with van der Waals surface area (Å²) < 4.78 is 17.1. The van der Waals surface area contributed by atoms with Crippen LogP contribution >= 0.6 is 0 Å². The number of pyridine rings is 1. The van der Waals surface area contributed by atoms with Crippen molar-refractivity contribution in [3.8, 4) is 11.3 Å². The van der Waals surface area contributed by atoms with E-state index in [1.165, 1.54) is 5.56 Å². The lowest BCUT2D eigenvalue weighted by Crippen LogP contribution is -2.39. The number of amides is 1. The average Bonchev–Trinajstić information content (AvgIpc) is 3.59. The zero-order chi connectivity index (χ0) is 28.5. The smallest absolute Gasteiger partial charge is 0.307 e. The Bertz CT molecular complexity index is 1720. The number of carbonyl (C=O) groups excluding carboxylic acids is 1. The number of hydrogen-bond acceptors (Lipinski definition) is 6. The second-order valence-electron chi connectivity index (χ2n) is 11.3. The molecule has 4 aromatic rings. The maximum absolute atomic E-state index is 15.4. The minimum Gasteiger partial charge on any atom is -0.481 e. The van der Waals surface area contributed by atoms with Crippen molar-refractivity contribution in [1.82, 2.24) is 24.5 Å². The van der Waals surface area contributed by atoms with Crippen molar-refractivity contribution in [2.24, 2.45) is 0 Å². The molecule has 0 bridgehead atoms. The zero-order valence-corrected chi connectivity index (χ0v) is 23.5. The molecule has 3 aromatic heterocycles. The van der Waals surface area contributed by atoms with Crippen LogP contribution in [0, 0.1) is 5.95 Å². The summed E-state index contributed by atoms with van der Waals surface area (Å²) in [5, 5.41) is 13.1. The topological polar surface area (TPSA) is 104 Å². The number of carboxylic acid groups (broad SMARTS) is 1. The predicted octanol–water partition coefficient (Wildman–Crippen LogP) is 4.19. The van der Waals surface area contributed by atoms with Crippen LogP contribution in [0.2, 0.25) is 5.04 Å². The molecule has 9 nitrogen and oxygen atoms in total. The van der Waals surface area contributed by atoms with Gasteiger partial charge in [-0.15, -0.1) is 0 Å². The van der Waals surface area contributed by atoms with Crippen molar-refractivity contribution in [2.75, 3.05) is 24.5 Å². The second-order valence-corrected chi connectivity index (χ2v) is 12.3. The van der Waals surface area contributed by atoms with E-state index < -0.39 is 17.0 Å². The normalized spacial score (nSPS) is 22.3. The SMILES string of the molecule is C[C@@H]1c2ccccc2CCN1C(=O)c1cc(C2CC2)n2nc(-c3ccc(N4CCC([Si])(C(=O)O)C4)nc3F)cc2n1. The first-order chi connectivity index (χ1) is 19.7. The first-order valence-electron chi connectivity index (χ1n) is 13.9. The number of aromatic nitrogens is 4. The van der Waals surface area contributed by atoms with Crippen molar-refractivity contribution < 1.29 is 19.1 Å². The molecule has 5 heterocycles. The van der Waals surface area contributed by atoms with E-state index in [-0.39, 0.29) is 30.0 Å². The highest BCUT2D eigenvalue weighted by atomic mass is 28.1. The summed E-state index contributed by atoms with van der Waals surface area (Å²) in [7, 11) is 3.36. The zero-order valence-electron chi connectivity index (χ0n) is 22.5. The largest absolute Gasteiger partial charge is 0.481 e. The van der Waals surface area contributed by atoms with Crippen molar-refractivity contribution in [3.05, 3.63) is 77.0 Å². The molecule has 1 saturated carbocycles. The molecule has 2 fully saturated rings. The van der Waals surface area contributed by atoms with Gasteiger partial charge in [0.1, 0.15) is 11.5 Å².